The summed E-state index contributed by atoms with van der Waals surface area (Å²) in [7, 11) is 1.45. The third-order valence-corrected chi connectivity index (χ3v) is 3.23. The van der Waals surface area contributed by atoms with Crippen molar-refractivity contribution in [2.24, 2.45) is 17.8 Å². The molecule has 0 bridgehead atoms. The van der Waals surface area contributed by atoms with Crippen LogP contribution in [0.15, 0.2) is 36.4 Å². The highest BCUT2D eigenvalue weighted by molar-refractivity contribution is 5.77. The van der Waals surface area contributed by atoms with Crippen molar-refractivity contribution in [3.05, 3.63) is 42.0 Å². The second kappa shape index (κ2) is 4.52. The lowest BCUT2D eigenvalue weighted by Crippen LogP contribution is -2.04. The Morgan fingerprint density at radius 1 is 1.31 bits per heavy atom. The van der Waals surface area contributed by atoms with E-state index in [1.54, 1.807) is 0 Å². The van der Waals surface area contributed by atoms with Crippen LogP contribution in [-0.4, -0.2) is 13.1 Å². The predicted octanol–water partition coefficient (Wildman–Crippen LogP) is 2.75. The van der Waals surface area contributed by atoms with Crippen molar-refractivity contribution in [1.82, 2.24) is 0 Å². The second-order valence-electron chi connectivity index (χ2n) is 4.26. The zero-order valence-electron chi connectivity index (χ0n) is 9.59. The fraction of sp³-hybridized carbons (Fsp3) is 0.357. The van der Waals surface area contributed by atoms with E-state index >= 15 is 0 Å². The molecule has 1 aromatic carbocycles. The molecule has 0 saturated heterocycles. The van der Waals surface area contributed by atoms with Gasteiger partial charge in [0.2, 0.25) is 0 Å². The summed E-state index contributed by atoms with van der Waals surface area (Å²) >= 11 is 0. The molecule has 0 radical (unpaired) electrons. The van der Waals surface area contributed by atoms with E-state index < -0.39 is 0 Å². The maximum Gasteiger partial charge on any atom is 0.309 e. The molecule has 1 aromatic rings. The lowest BCUT2D eigenvalue weighted by Gasteiger charge is -1.94. The van der Waals surface area contributed by atoms with Gasteiger partial charge in [-0.1, -0.05) is 49.4 Å². The molecule has 3 atom stereocenters. The first-order chi connectivity index (χ1) is 7.74. The Morgan fingerprint density at radius 3 is 2.62 bits per heavy atom. The maximum absolute atomic E-state index is 11.4. The van der Waals surface area contributed by atoms with Crippen LogP contribution < -0.4 is 0 Å². The average Bonchev–Trinajstić information content (AvgIpc) is 2.97. The van der Waals surface area contributed by atoms with E-state index in [2.05, 4.69) is 31.2 Å². The van der Waals surface area contributed by atoms with Crippen LogP contribution in [0.5, 0.6) is 0 Å². The Morgan fingerprint density at radius 2 is 2.00 bits per heavy atom. The zero-order valence-corrected chi connectivity index (χ0v) is 9.59. The van der Waals surface area contributed by atoms with Gasteiger partial charge < -0.3 is 4.74 Å². The van der Waals surface area contributed by atoms with E-state index in [-0.39, 0.29) is 11.9 Å². The van der Waals surface area contributed by atoms with Crippen molar-refractivity contribution >= 4 is 12.0 Å². The Bertz CT molecular complexity index is 394. The molecule has 1 fully saturated rings. The number of rotatable bonds is 3. The minimum absolute atomic E-state index is 0.0602. The van der Waals surface area contributed by atoms with Gasteiger partial charge in [0.1, 0.15) is 0 Å². The molecular formula is C14H16O2. The minimum Gasteiger partial charge on any atom is -0.469 e. The molecule has 1 aliphatic rings. The van der Waals surface area contributed by atoms with Gasteiger partial charge in [-0.2, -0.15) is 0 Å². The van der Waals surface area contributed by atoms with Crippen LogP contribution in [-0.2, 0) is 9.53 Å². The van der Waals surface area contributed by atoms with Crippen molar-refractivity contribution in [2.75, 3.05) is 7.11 Å². The SMILES string of the molecule is COC(=O)[C@H]1[C@H](C)[C@@H]1/C=C/c1ccccc1. The Labute approximate surface area is 95.9 Å². The molecule has 0 N–H and O–H groups in total. The Hall–Kier alpha value is -1.57. The standard InChI is InChI=1S/C14H16O2/c1-10-12(13(10)14(15)16-2)9-8-11-6-4-3-5-7-11/h3-10,12-13H,1-2H3/b9-8+/t10-,12+,13+/m1/s1. The molecular weight excluding hydrogens is 200 g/mol. The zero-order chi connectivity index (χ0) is 11.5. The molecule has 0 unspecified atom stereocenters. The smallest absolute Gasteiger partial charge is 0.309 e. The predicted molar refractivity (Wildman–Crippen MR) is 63.6 cm³/mol. The van der Waals surface area contributed by atoms with E-state index in [9.17, 15) is 4.79 Å². The van der Waals surface area contributed by atoms with Crippen molar-refractivity contribution in [3.63, 3.8) is 0 Å². The molecule has 0 amide bonds. The molecule has 0 aromatic heterocycles. The number of carbonyl (C=O) groups excluding carboxylic acids is 1. The average molecular weight is 216 g/mol. The molecule has 2 rings (SSSR count). The highest BCUT2D eigenvalue weighted by atomic mass is 16.5. The summed E-state index contributed by atoms with van der Waals surface area (Å²) in [6.45, 7) is 2.08. The van der Waals surface area contributed by atoms with E-state index in [0.717, 1.165) is 0 Å². The summed E-state index contributed by atoms with van der Waals surface area (Å²) in [6, 6.07) is 10.1. The highest BCUT2D eigenvalue weighted by Crippen LogP contribution is 2.47. The topological polar surface area (TPSA) is 26.3 Å². The summed E-state index contributed by atoms with van der Waals surface area (Å²) < 4.78 is 4.75. The summed E-state index contributed by atoms with van der Waals surface area (Å²) in [5.41, 5.74) is 1.17. The number of ether oxygens (including phenoxy) is 1. The van der Waals surface area contributed by atoms with E-state index in [4.69, 9.17) is 4.74 Å². The summed E-state index contributed by atoms with van der Waals surface area (Å²) in [6.07, 6.45) is 4.19. The van der Waals surface area contributed by atoms with Gasteiger partial charge in [0.15, 0.2) is 0 Å². The molecule has 0 spiro atoms. The van der Waals surface area contributed by atoms with Crippen LogP contribution in [0.25, 0.3) is 6.08 Å². The maximum atomic E-state index is 11.4. The Balaban J connectivity index is 1.98. The van der Waals surface area contributed by atoms with Gasteiger partial charge in [0.05, 0.1) is 13.0 Å². The lowest BCUT2D eigenvalue weighted by molar-refractivity contribution is -0.142. The molecule has 16 heavy (non-hydrogen) atoms. The summed E-state index contributed by atoms with van der Waals surface area (Å²) in [4.78, 5) is 11.4. The van der Waals surface area contributed by atoms with Crippen molar-refractivity contribution in [1.29, 1.82) is 0 Å². The van der Waals surface area contributed by atoms with Crippen LogP contribution in [0.2, 0.25) is 0 Å². The van der Waals surface area contributed by atoms with Crippen molar-refractivity contribution in [3.8, 4) is 0 Å². The number of esters is 1. The van der Waals surface area contributed by atoms with Crippen LogP contribution in [0.4, 0.5) is 0 Å². The van der Waals surface area contributed by atoms with Crippen LogP contribution >= 0.6 is 0 Å². The first-order valence-electron chi connectivity index (χ1n) is 5.55. The monoisotopic (exact) mass is 216 g/mol. The van der Waals surface area contributed by atoms with Gasteiger partial charge in [-0.25, -0.2) is 0 Å². The highest BCUT2D eigenvalue weighted by Gasteiger charge is 2.50. The van der Waals surface area contributed by atoms with Crippen molar-refractivity contribution in [2.45, 2.75) is 6.92 Å². The molecule has 84 valence electrons. The normalized spacial score (nSPS) is 28.0. The fourth-order valence-electron chi connectivity index (χ4n) is 2.08. The largest absolute Gasteiger partial charge is 0.469 e. The van der Waals surface area contributed by atoms with Crippen molar-refractivity contribution < 1.29 is 9.53 Å². The number of hydrogen-bond acceptors (Lipinski definition) is 2. The van der Waals surface area contributed by atoms with E-state index in [1.165, 1.54) is 12.7 Å². The number of hydrogen-bond donors (Lipinski definition) is 0. The minimum atomic E-state index is -0.0878. The Kier molecular flexibility index (Phi) is 3.09. The fourth-order valence-corrected chi connectivity index (χ4v) is 2.08. The first-order valence-corrected chi connectivity index (χ1v) is 5.55. The molecule has 1 saturated carbocycles. The summed E-state index contributed by atoms with van der Waals surface area (Å²) in [5.74, 6) is 0.722. The van der Waals surface area contributed by atoms with Gasteiger partial charge in [-0.05, 0) is 17.4 Å². The third kappa shape index (κ3) is 2.16. The second-order valence-corrected chi connectivity index (χ2v) is 4.26. The van der Waals surface area contributed by atoms with Gasteiger partial charge in [-0.15, -0.1) is 0 Å². The molecule has 1 aliphatic carbocycles. The van der Waals surface area contributed by atoms with Crippen LogP contribution in [0.1, 0.15) is 12.5 Å². The van der Waals surface area contributed by atoms with Gasteiger partial charge in [0, 0.05) is 0 Å². The van der Waals surface area contributed by atoms with Gasteiger partial charge in [-0.3, -0.25) is 4.79 Å². The lowest BCUT2D eigenvalue weighted by atomic mass is 10.2. The molecule has 2 nitrogen and oxygen atoms in total. The third-order valence-electron chi connectivity index (χ3n) is 3.23. The number of benzene rings is 1. The van der Waals surface area contributed by atoms with E-state index in [1.807, 2.05) is 18.2 Å². The molecule has 0 aliphatic heterocycles. The van der Waals surface area contributed by atoms with Gasteiger partial charge in [0.25, 0.3) is 0 Å². The van der Waals surface area contributed by atoms with Gasteiger partial charge >= 0.3 is 5.97 Å². The number of methoxy groups -OCH3 is 1. The quantitative estimate of drug-likeness (QED) is 0.726. The molecule has 2 heteroatoms. The first kappa shape index (κ1) is 10.9. The summed E-state index contributed by atoms with van der Waals surface area (Å²) in [5, 5.41) is 0. The van der Waals surface area contributed by atoms with E-state index in [0.29, 0.717) is 11.8 Å². The van der Waals surface area contributed by atoms with Crippen LogP contribution in [0, 0.1) is 17.8 Å². The number of carbonyl (C=O) groups is 1. The van der Waals surface area contributed by atoms with Crippen LogP contribution in [0.3, 0.4) is 0 Å². The molecule has 0 heterocycles. The number of allylic oxidation sites excluding steroid dienone is 1.